The van der Waals surface area contributed by atoms with E-state index in [4.69, 9.17) is 4.52 Å². The van der Waals surface area contributed by atoms with E-state index in [0.29, 0.717) is 55.2 Å². The molecule has 1 fully saturated rings. The first-order valence-electron chi connectivity index (χ1n) is 8.60. The third-order valence-corrected chi connectivity index (χ3v) is 5.12. The fraction of sp³-hybridized carbons (Fsp3) is 0.444. The minimum absolute atomic E-state index is 0.0542. The number of nitrogens with zero attached hydrogens (tertiary/aromatic N) is 4. The van der Waals surface area contributed by atoms with Gasteiger partial charge in [-0.2, -0.15) is 4.98 Å². The van der Waals surface area contributed by atoms with Gasteiger partial charge in [0.25, 0.3) is 5.91 Å². The molecule has 2 aromatic rings. The fourth-order valence-corrected chi connectivity index (χ4v) is 3.78. The molecule has 2 amide bonds. The van der Waals surface area contributed by atoms with Crippen molar-refractivity contribution in [3.05, 3.63) is 41.5 Å². The molecule has 1 unspecified atom stereocenters. The average Bonchev–Trinajstić information content (AvgIpc) is 3.19. The summed E-state index contributed by atoms with van der Waals surface area (Å²) in [5, 5.41) is 3.90. The molecular weight excluding hydrogens is 320 g/mol. The number of carbonyl (C=O) groups is 2. The Bertz CT molecular complexity index is 846. The molecule has 0 N–H and O–H groups in total. The number of carbonyl (C=O) groups excluding carboxylic acids is 2. The monoisotopic (exact) mass is 340 g/mol. The lowest BCUT2D eigenvalue weighted by molar-refractivity contribution is -0.117. The van der Waals surface area contributed by atoms with Crippen LogP contribution in [0.15, 0.2) is 28.8 Å². The maximum atomic E-state index is 13.1. The van der Waals surface area contributed by atoms with Crippen molar-refractivity contribution < 1.29 is 14.1 Å². The summed E-state index contributed by atoms with van der Waals surface area (Å²) in [6.07, 6.45) is 2.24. The van der Waals surface area contributed by atoms with Crippen LogP contribution < -0.4 is 4.90 Å². The highest BCUT2D eigenvalue weighted by Gasteiger charge is 2.52. The Balaban J connectivity index is 1.67. The summed E-state index contributed by atoms with van der Waals surface area (Å²) in [5.74, 6) is 1.18. The van der Waals surface area contributed by atoms with Crippen molar-refractivity contribution in [2.24, 2.45) is 0 Å². The summed E-state index contributed by atoms with van der Waals surface area (Å²) in [6.45, 7) is 4.35. The fourth-order valence-electron chi connectivity index (χ4n) is 3.78. The second-order valence-electron chi connectivity index (χ2n) is 6.63. The number of para-hydroxylation sites is 1. The highest BCUT2D eigenvalue weighted by molar-refractivity contribution is 6.10. The molecule has 25 heavy (non-hydrogen) atoms. The van der Waals surface area contributed by atoms with Gasteiger partial charge in [0, 0.05) is 25.8 Å². The maximum absolute atomic E-state index is 13.1. The van der Waals surface area contributed by atoms with E-state index < -0.39 is 5.66 Å². The summed E-state index contributed by atoms with van der Waals surface area (Å²) in [6, 6.07) is 7.30. The number of rotatable bonds is 4. The number of hydrogen-bond donors (Lipinski definition) is 0. The quantitative estimate of drug-likeness (QED) is 0.852. The number of benzene rings is 1. The molecule has 0 aliphatic carbocycles. The Hall–Kier alpha value is -2.70. The van der Waals surface area contributed by atoms with Gasteiger partial charge in [-0.3, -0.25) is 14.5 Å². The molecule has 0 radical (unpaired) electrons. The van der Waals surface area contributed by atoms with Crippen LogP contribution >= 0.6 is 0 Å². The van der Waals surface area contributed by atoms with E-state index in [1.807, 2.05) is 32.0 Å². The van der Waals surface area contributed by atoms with E-state index in [1.165, 1.54) is 0 Å². The normalized spacial score (nSPS) is 22.3. The van der Waals surface area contributed by atoms with Gasteiger partial charge >= 0.3 is 0 Å². The summed E-state index contributed by atoms with van der Waals surface area (Å²) >= 11 is 0. The van der Waals surface area contributed by atoms with Crippen LogP contribution in [0.25, 0.3) is 0 Å². The molecule has 2 aliphatic heterocycles. The van der Waals surface area contributed by atoms with Crippen molar-refractivity contribution in [3.8, 4) is 0 Å². The SMILES string of the molecule is CCc1noc(CCN2C(=O)c3ccccc3N3C(=O)CCC23C)n1. The molecule has 1 aromatic carbocycles. The second kappa shape index (κ2) is 5.68. The topological polar surface area (TPSA) is 79.5 Å². The minimum atomic E-state index is -0.643. The summed E-state index contributed by atoms with van der Waals surface area (Å²) in [7, 11) is 0. The van der Waals surface area contributed by atoms with Gasteiger partial charge in [-0.1, -0.05) is 24.2 Å². The zero-order chi connectivity index (χ0) is 17.6. The molecule has 0 spiro atoms. The largest absolute Gasteiger partial charge is 0.339 e. The average molecular weight is 340 g/mol. The Kier molecular flexibility index (Phi) is 3.59. The van der Waals surface area contributed by atoms with Gasteiger partial charge in [0.2, 0.25) is 11.8 Å². The standard InChI is InChI=1S/C18H20N4O3/c1-3-14-19-15(25-20-14)9-11-21-17(24)12-6-4-5-7-13(12)22-16(23)8-10-18(21,22)2/h4-7H,3,8-11H2,1-2H3. The molecule has 0 saturated carbocycles. The molecule has 130 valence electrons. The number of fused-ring (bicyclic) bond motifs is 3. The predicted octanol–water partition coefficient (Wildman–Crippen LogP) is 2.17. The Morgan fingerprint density at radius 3 is 2.84 bits per heavy atom. The van der Waals surface area contributed by atoms with Gasteiger partial charge in [0.1, 0.15) is 5.66 Å². The van der Waals surface area contributed by atoms with Crippen LogP contribution in [0, 0.1) is 0 Å². The lowest BCUT2D eigenvalue weighted by Gasteiger charge is -2.48. The van der Waals surface area contributed by atoms with Gasteiger partial charge in [0.15, 0.2) is 5.82 Å². The number of anilines is 1. The Morgan fingerprint density at radius 2 is 2.08 bits per heavy atom. The molecule has 7 heteroatoms. The van der Waals surface area contributed by atoms with Crippen molar-refractivity contribution in [3.63, 3.8) is 0 Å². The van der Waals surface area contributed by atoms with E-state index in [0.717, 1.165) is 0 Å². The van der Waals surface area contributed by atoms with Crippen LogP contribution in [0.4, 0.5) is 5.69 Å². The van der Waals surface area contributed by atoms with E-state index in [1.54, 1.807) is 15.9 Å². The first kappa shape index (κ1) is 15.8. The molecule has 0 bridgehead atoms. The van der Waals surface area contributed by atoms with Crippen LogP contribution in [0.3, 0.4) is 0 Å². The number of aromatic nitrogens is 2. The first-order chi connectivity index (χ1) is 12.0. The van der Waals surface area contributed by atoms with Crippen molar-refractivity contribution in [2.75, 3.05) is 11.4 Å². The molecule has 4 rings (SSSR count). The maximum Gasteiger partial charge on any atom is 0.257 e. The van der Waals surface area contributed by atoms with Crippen molar-refractivity contribution in [1.29, 1.82) is 0 Å². The zero-order valence-corrected chi connectivity index (χ0v) is 14.4. The zero-order valence-electron chi connectivity index (χ0n) is 14.4. The molecular formula is C18H20N4O3. The van der Waals surface area contributed by atoms with Crippen LogP contribution in [-0.4, -0.2) is 39.1 Å². The predicted molar refractivity (Wildman–Crippen MR) is 90.0 cm³/mol. The van der Waals surface area contributed by atoms with Gasteiger partial charge in [-0.15, -0.1) is 0 Å². The van der Waals surface area contributed by atoms with Crippen molar-refractivity contribution in [1.82, 2.24) is 15.0 Å². The molecule has 1 aromatic heterocycles. The molecule has 3 heterocycles. The lowest BCUT2D eigenvalue weighted by Crippen LogP contribution is -2.62. The van der Waals surface area contributed by atoms with E-state index in [9.17, 15) is 9.59 Å². The number of amides is 2. The van der Waals surface area contributed by atoms with E-state index in [-0.39, 0.29) is 11.8 Å². The minimum Gasteiger partial charge on any atom is -0.339 e. The van der Waals surface area contributed by atoms with Gasteiger partial charge < -0.3 is 9.42 Å². The van der Waals surface area contributed by atoms with Crippen LogP contribution in [-0.2, 0) is 17.6 Å². The van der Waals surface area contributed by atoms with Crippen LogP contribution in [0.5, 0.6) is 0 Å². The second-order valence-corrected chi connectivity index (χ2v) is 6.63. The van der Waals surface area contributed by atoms with Crippen LogP contribution in [0.2, 0.25) is 0 Å². The van der Waals surface area contributed by atoms with E-state index >= 15 is 0 Å². The molecule has 2 aliphatic rings. The summed E-state index contributed by atoms with van der Waals surface area (Å²) < 4.78 is 5.24. The van der Waals surface area contributed by atoms with Gasteiger partial charge in [-0.25, -0.2) is 0 Å². The Morgan fingerprint density at radius 1 is 1.28 bits per heavy atom. The van der Waals surface area contributed by atoms with E-state index in [2.05, 4.69) is 10.1 Å². The summed E-state index contributed by atoms with van der Waals surface area (Å²) in [5.41, 5.74) is 0.630. The van der Waals surface area contributed by atoms with Crippen molar-refractivity contribution >= 4 is 17.5 Å². The molecule has 7 nitrogen and oxygen atoms in total. The Labute approximate surface area is 145 Å². The molecule has 1 atom stereocenters. The highest BCUT2D eigenvalue weighted by atomic mass is 16.5. The molecule has 1 saturated heterocycles. The van der Waals surface area contributed by atoms with Gasteiger partial charge in [0.05, 0.1) is 11.3 Å². The smallest absolute Gasteiger partial charge is 0.257 e. The third-order valence-electron chi connectivity index (χ3n) is 5.12. The highest BCUT2D eigenvalue weighted by Crippen LogP contribution is 2.43. The summed E-state index contributed by atoms with van der Waals surface area (Å²) in [4.78, 5) is 33.4. The lowest BCUT2D eigenvalue weighted by atomic mass is 9.98. The number of hydrogen-bond acceptors (Lipinski definition) is 5. The van der Waals surface area contributed by atoms with Gasteiger partial charge in [-0.05, 0) is 25.5 Å². The first-order valence-corrected chi connectivity index (χ1v) is 8.60. The van der Waals surface area contributed by atoms with Crippen LogP contribution in [0.1, 0.15) is 48.8 Å². The third kappa shape index (κ3) is 2.33. The number of aryl methyl sites for hydroxylation is 1. The van der Waals surface area contributed by atoms with Crippen molar-refractivity contribution in [2.45, 2.75) is 45.2 Å².